The van der Waals surface area contributed by atoms with E-state index in [1.807, 2.05) is 13.8 Å². The van der Waals surface area contributed by atoms with Crippen molar-refractivity contribution >= 4 is 25.6 Å². The molecule has 0 atom stereocenters. The van der Waals surface area contributed by atoms with Crippen LogP contribution in [-0.4, -0.2) is 51.9 Å². The molecule has 0 saturated heterocycles. The van der Waals surface area contributed by atoms with E-state index >= 15 is 0 Å². The summed E-state index contributed by atoms with van der Waals surface area (Å²) in [6.07, 6.45) is 2.05. The molecule has 0 aromatic carbocycles. The molecule has 0 heterocycles. The Morgan fingerprint density at radius 1 is 0.944 bits per heavy atom. The third-order valence-electron chi connectivity index (χ3n) is 2.41. The quantitative estimate of drug-likeness (QED) is 0.397. The Balaban J connectivity index is 3.12. The van der Waals surface area contributed by atoms with Gasteiger partial charge >= 0.3 is 6.03 Å². The van der Waals surface area contributed by atoms with Crippen LogP contribution in [0.1, 0.15) is 26.7 Å². The van der Waals surface area contributed by atoms with Gasteiger partial charge in [0.05, 0.1) is 0 Å². The van der Waals surface area contributed by atoms with Crippen molar-refractivity contribution in [2.75, 3.05) is 26.3 Å². The molecule has 0 aliphatic carbocycles. The van der Waals surface area contributed by atoms with Crippen molar-refractivity contribution in [2.45, 2.75) is 38.8 Å². The molecule has 0 aliphatic rings. The number of nitrogens with one attached hydrogen (secondary N) is 2. The number of carbonyl (C=O) groups is 1. The lowest BCUT2D eigenvalue weighted by Gasteiger charge is -2.07. The molecule has 0 aliphatic heterocycles. The summed E-state index contributed by atoms with van der Waals surface area (Å²) in [5, 5.41) is 5.72. The normalized spacial score (nSPS) is 11.7. The first kappa shape index (κ1) is 17.6. The summed E-state index contributed by atoms with van der Waals surface area (Å²) in [6.45, 7) is 7.19. The van der Waals surface area contributed by atoms with Gasteiger partial charge in [-0.3, -0.25) is 0 Å². The lowest BCUT2D eigenvalue weighted by atomic mass is 10.4. The van der Waals surface area contributed by atoms with Crippen molar-refractivity contribution in [3.63, 3.8) is 0 Å². The Labute approximate surface area is 115 Å². The zero-order valence-electron chi connectivity index (χ0n) is 11.8. The minimum Gasteiger partial charge on any atom is -0.424 e. The zero-order chi connectivity index (χ0) is 13.5. The summed E-state index contributed by atoms with van der Waals surface area (Å²) in [5.41, 5.74) is 0. The van der Waals surface area contributed by atoms with Gasteiger partial charge in [0.2, 0.25) is 0 Å². The Bertz CT molecular complexity index is 179. The molecule has 7 heteroatoms. The molecule has 0 radical (unpaired) electrons. The maximum absolute atomic E-state index is 11.4. The molecule has 0 aromatic heterocycles. The van der Waals surface area contributed by atoms with Crippen LogP contribution in [0.4, 0.5) is 4.79 Å². The highest BCUT2D eigenvalue weighted by Gasteiger charge is 1.98. The van der Waals surface area contributed by atoms with Gasteiger partial charge in [-0.15, -0.1) is 0 Å². The van der Waals surface area contributed by atoms with E-state index in [-0.39, 0.29) is 25.6 Å². The van der Waals surface area contributed by atoms with Gasteiger partial charge in [0.15, 0.2) is 19.5 Å². The lowest BCUT2D eigenvalue weighted by molar-refractivity contribution is 0.241. The number of carbonyl (C=O) groups excluding carboxylic acids is 1. The van der Waals surface area contributed by atoms with Gasteiger partial charge in [-0.25, -0.2) is 4.79 Å². The van der Waals surface area contributed by atoms with Gasteiger partial charge in [0.1, 0.15) is 0 Å². The lowest BCUT2D eigenvalue weighted by Crippen LogP contribution is -2.36. The highest BCUT2D eigenvalue weighted by molar-refractivity contribution is 6.27. The molecule has 0 aromatic rings. The van der Waals surface area contributed by atoms with E-state index in [0.29, 0.717) is 0 Å². The van der Waals surface area contributed by atoms with E-state index in [4.69, 9.17) is 8.85 Å². The van der Waals surface area contributed by atoms with Gasteiger partial charge in [-0.05, 0) is 38.8 Å². The highest BCUT2D eigenvalue weighted by Crippen LogP contribution is 1.89. The molecule has 0 spiro atoms. The van der Waals surface area contributed by atoms with E-state index in [9.17, 15) is 4.79 Å². The van der Waals surface area contributed by atoms with Crippen LogP contribution < -0.4 is 10.6 Å². The van der Waals surface area contributed by atoms with Gasteiger partial charge in [0, 0.05) is 26.3 Å². The number of amides is 2. The second-order valence-electron chi connectivity index (χ2n) is 3.99. The fraction of sp³-hybridized carbons (Fsp3) is 0.909. The predicted molar refractivity (Wildman–Crippen MR) is 80.6 cm³/mol. The second kappa shape index (κ2) is 14.7. The van der Waals surface area contributed by atoms with Crippen molar-refractivity contribution < 1.29 is 13.6 Å². The topological polar surface area (TPSA) is 59.6 Å². The molecule has 2 amide bonds. The maximum Gasteiger partial charge on any atom is 0.314 e. The molecular weight excluding hydrogens is 264 g/mol. The Hall–Kier alpha value is -0.376. The molecule has 0 rings (SSSR count). The largest absolute Gasteiger partial charge is 0.424 e. The van der Waals surface area contributed by atoms with Crippen LogP contribution in [0.25, 0.3) is 0 Å². The average Bonchev–Trinajstić information content (AvgIpc) is 2.38. The fourth-order valence-corrected chi connectivity index (χ4v) is 3.31. The molecule has 2 N–H and O–H groups in total. The summed E-state index contributed by atoms with van der Waals surface area (Å²) in [5.74, 6) is 0. The summed E-state index contributed by atoms with van der Waals surface area (Å²) in [4.78, 5) is 11.4. The molecule has 0 unspecified atom stereocenters. The van der Waals surface area contributed by atoms with Crippen LogP contribution in [-0.2, 0) is 8.85 Å². The minimum atomic E-state index is -0.343. The van der Waals surface area contributed by atoms with Gasteiger partial charge < -0.3 is 19.5 Å². The van der Waals surface area contributed by atoms with Crippen LogP contribution in [0.2, 0.25) is 12.1 Å². The molecular formula is C11H28N2O3Si2. The van der Waals surface area contributed by atoms with Crippen molar-refractivity contribution in [2.24, 2.45) is 0 Å². The summed E-state index contributed by atoms with van der Waals surface area (Å²) in [6, 6.07) is 2.22. The van der Waals surface area contributed by atoms with Gasteiger partial charge in [0.25, 0.3) is 0 Å². The molecule has 5 nitrogen and oxygen atoms in total. The third-order valence-corrected chi connectivity index (χ3v) is 5.38. The van der Waals surface area contributed by atoms with Gasteiger partial charge in [-0.1, -0.05) is 0 Å². The van der Waals surface area contributed by atoms with Crippen LogP contribution in [0.15, 0.2) is 0 Å². The first-order chi connectivity index (χ1) is 8.81. The average molecular weight is 293 g/mol. The molecule has 0 bridgehead atoms. The molecule has 0 fully saturated rings. The second-order valence-corrected chi connectivity index (χ2v) is 7.04. The number of rotatable bonds is 12. The van der Waals surface area contributed by atoms with Crippen molar-refractivity contribution in [3.05, 3.63) is 0 Å². The zero-order valence-corrected chi connectivity index (χ0v) is 14.6. The monoisotopic (exact) mass is 292 g/mol. The first-order valence-electron chi connectivity index (χ1n) is 6.98. The molecule has 0 saturated carbocycles. The predicted octanol–water partition coefficient (Wildman–Crippen LogP) is 0.143. The smallest absolute Gasteiger partial charge is 0.314 e. The number of hydrogen-bond donors (Lipinski definition) is 2. The summed E-state index contributed by atoms with van der Waals surface area (Å²) in [7, 11) is -0.685. The van der Waals surface area contributed by atoms with E-state index in [1.165, 1.54) is 0 Å². The van der Waals surface area contributed by atoms with Crippen molar-refractivity contribution in [1.29, 1.82) is 0 Å². The highest BCUT2D eigenvalue weighted by atomic mass is 28.2. The Kier molecular flexibility index (Phi) is 14.4. The number of urea groups is 1. The van der Waals surface area contributed by atoms with Crippen LogP contribution in [0, 0.1) is 0 Å². The fourth-order valence-electron chi connectivity index (χ4n) is 1.41. The van der Waals surface area contributed by atoms with Crippen LogP contribution >= 0.6 is 0 Å². The Morgan fingerprint density at radius 3 is 1.78 bits per heavy atom. The summed E-state index contributed by atoms with van der Waals surface area (Å²) >= 11 is 0. The molecule has 108 valence electrons. The van der Waals surface area contributed by atoms with Crippen molar-refractivity contribution in [3.8, 4) is 0 Å². The van der Waals surface area contributed by atoms with E-state index < -0.39 is 0 Å². The van der Waals surface area contributed by atoms with Crippen LogP contribution in [0.5, 0.6) is 0 Å². The van der Waals surface area contributed by atoms with E-state index in [2.05, 4.69) is 10.6 Å². The van der Waals surface area contributed by atoms with E-state index in [0.717, 1.165) is 51.2 Å². The Morgan fingerprint density at radius 2 is 1.39 bits per heavy atom. The first-order valence-corrected chi connectivity index (χ1v) is 10.1. The SMILES string of the molecule is CCO[SiH2]CCCNC(=O)NCCC[SiH2]OCC. The summed E-state index contributed by atoms with van der Waals surface area (Å²) < 4.78 is 10.7. The van der Waals surface area contributed by atoms with Crippen LogP contribution in [0.3, 0.4) is 0 Å². The molecule has 18 heavy (non-hydrogen) atoms. The van der Waals surface area contributed by atoms with Gasteiger partial charge in [-0.2, -0.15) is 0 Å². The standard InChI is InChI=1S/C11H28N2O3Si2/c1-3-15-17-9-5-7-12-11(14)13-8-6-10-18-16-4-2/h3-10,17-18H2,1-2H3,(H2,12,13,14). The maximum atomic E-state index is 11.4. The number of hydrogen-bond acceptors (Lipinski definition) is 3. The third kappa shape index (κ3) is 13.7. The minimum absolute atomic E-state index is 0.0499. The van der Waals surface area contributed by atoms with Crippen molar-refractivity contribution in [1.82, 2.24) is 10.6 Å². The van der Waals surface area contributed by atoms with E-state index in [1.54, 1.807) is 0 Å².